The molecule has 0 radical (unpaired) electrons. The number of urea groups is 1. The lowest BCUT2D eigenvalue weighted by molar-refractivity contribution is 0.247. The van der Waals surface area contributed by atoms with E-state index in [0.717, 1.165) is 11.3 Å². The van der Waals surface area contributed by atoms with E-state index in [-0.39, 0.29) is 6.03 Å². The molecule has 0 aliphatic carbocycles. The van der Waals surface area contributed by atoms with Gasteiger partial charge in [0.1, 0.15) is 5.82 Å². The van der Waals surface area contributed by atoms with Crippen LogP contribution < -0.4 is 10.2 Å². The van der Waals surface area contributed by atoms with Crippen molar-refractivity contribution < 1.29 is 4.79 Å². The molecule has 1 aliphatic heterocycles. The molecule has 1 aromatic heterocycles. The van der Waals surface area contributed by atoms with E-state index in [1.165, 1.54) is 0 Å². The second-order valence-electron chi connectivity index (χ2n) is 3.82. The zero-order chi connectivity index (χ0) is 11.7. The van der Waals surface area contributed by atoms with Gasteiger partial charge in [-0.1, -0.05) is 24.3 Å². The van der Waals surface area contributed by atoms with Crippen LogP contribution in [0, 0.1) is 0 Å². The third kappa shape index (κ3) is 1.63. The molecule has 0 saturated heterocycles. The first-order valence-electron chi connectivity index (χ1n) is 5.43. The summed E-state index contributed by atoms with van der Waals surface area (Å²) in [6.45, 7) is 0.533. The zero-order valence-corrected chi connectivity index (χ0v) is 9.13. The van der Waals surface area contributed by atoms with Crippen molar-refractivity contribution in [1.82, 2.24) is 10.3 Å². The van der Waals surface area contributed by atoms with Gasteiger partial charge in [0.2, 0.25) is 0 Å². The number of amides is 2. The molecule has 0 unspecified atom stereocenters. The number of nitrogens with one attached hydrogen (secondary N) is 1. The summed E-state index contributed by atoms with van der Waals surface area (Å²) in [5.41, 5.74) is 1.85. The molecule has 2 aromatic rings. The number of pyridine rings is 1. The van der Waals surface area contributed by atoms with Crippen LogP contribution in [0.5, 0.6) is 0 Å². The number of anilines is 2. The molecular formula is C13H11N3O. The molecule has 17 heavy (non-hydrogen) atoms. The molecule has 0 spiro atoms. The fourth-order valence-corrected chi connectivity index (χ4v) is 1.93. The van der Waals surface area contributed by atoms with Crippen molar-refractivity contribution in [2.45, 2.75) is 6.54 Å². The first-order valence-corrected chi connectivity index (χ1v) is 5.43. The second-order valence-corrected chi connectivity index (χ2v) is 3.82. The molecule has 3 rings (SSSR count). The van der Waals surface area contributed by atoms with Gasteiger partial charge in [-0.25, -0.2) is 14.7 Å². The Morgan fingerprint density at radius 2 is 1.94 bits per heavy atom. The maximum absolute atomic E-state index is 11.9. The Labute approximate surface area is 98.9 Å². The molecule has 1 aliphatic rings. The molecule has 1 N–H and O–H groups in total. The monoisotopic (exact) mass is 225 g/mol. The number of para-hydroxylation sites is 1. The molecule has 2 amide bonds. The summed E-state index contributed by atoms with van der Waals surface area (Å²) in [6, 6.07) is 13.2. The molecule has 1 aromatic carbocycles. The number of aromatic nitrogens is 1. The van der Waals surface area contributed by atoms with Crippen molar-refractivity contribution in [3.05, 3.63) is 54.2 Å². The summed E-state index contributed by atoms with van der Waals surface area (Å²) < 4.78 is 0. The highest BCUT2D eigenvalue weighted by molar-refractivity contribution is 6.00. The standard InChI is InChI=1S/C13H11N3O/c17-13-15-9-10-5-4-8-14-12(10)16(13)11-6-2-1-3-7-11/h1-8H,9H2,(H,15,17). The largest absolute Gasteiger partial charge is 0.333 e. The van der Waals surface area contributed by atoms with Gasteiger partial charge >= 0.3 is 6.03 Å². The van der Waals surface area contributed by atoms with Gasteiger partial charge in [-0.3, -0.25) is 0 Å². The van der Waals surface area contributed by atoms with Gasteiger partial charge in [0.15, 0.2) is 0 Å². The highest BCUT2D eigenvalue weighted by atomic mass is 16.2. The van der Waals surface area contributed by atoms with Gasteiger partial charge in [-0.05, 0) is 18.2 Å². The van der Waals surface area contributed by atoms with E-state index in [1.807, 2.05) is 42.5 Å². The number of carbonyl (C=O) groups excluding carboxylic acids is 1. The van der Waals surface area contributed by atoms with Crippen LogP contribution in [0.2, 0.25) is 0 Å². The molecule has 0 bridgehead atoms. The summed E-state index contributed by atoms with van der Waals surface area (Å²) in [4.78, 5) is 17.8. The Morgan fingerprint density at radius 3 is 2.76 bits per heavy atom. The van der Waals surface area contributed by atoms with E-state index in [4.69, 9.17) is 0 Å². The normalized spacial score (nSPS) is 14.1. The maximum atomic E-state index is 11.9. The zero-order valence-electron chi connectivity index (χ0n) is 9.13. The summed E-state index contributed by atoms with van der Waals surface area (Å²) in [6.07, 6.45) is 1.70. The molecule has 0 fully saturated rings. The SMILES string of the molecule is O=C1NCc2cccnc2N1c1ccccc1. The summed E-state index contributed by atoms with van der Waals surface area (Å²) in [5, 5.41) is 2.83. The topological polar surface area (TPSA) is 45.2 Å². The van der Waals surface area contributed by atoms with E-state index >= 15 is 0 Å². The van der Waals surface area contributed by atoms with E-state index in [9.17, 15) is 4.79 Å². The van der Waals surface area contributed by atoms with Crippen LogP contribution >= 0.6 is 0 Å². The molecule has 4 nitrogen and oxygen atoms in total. The quantitative estimate of drug-likeness (QED) is 0.810. The van der Waals surface area contributed by atoms with Gasteiger partial charge in [-0.2, -0.15) is 0 Å². The smallest absolute Gasteiger partial charge is 0.327 e. The third-order valence-corrected chi connectivity index (χ3v) is 2.73. The minimum absolute atomic E-state index is 0.137. The number of rotatable bonds is 1. The number of benzene rings is 1. The van der Waals surface area contributed by atoms with Crippen LogP contribution in [0.1, 0.15) is 5.56 Å². The lowest BCUT2D eigenvalue weighted by Gasteiger charge is -2.28. The predicted octanol–water partition coefficient (Wildman–Crippen LogP) is 2.44. The maximum Gasteiger partial charge on any atom is 0.327 e. The van der Waals surface area contributed by atoms with E-state index in [2.05, 4.69) is 10.3 Å². The van der Waals surface area contributed by atoms with Crippen LogP contribution in [0.25, 0.3) is 0 Å². The fraction of sp³-hybridized carbons (Fsp3) is 0.0769. The van der Waals surface area contributed by atoms with Gasteiger partial charge < -0.3 is 5.32 Å². The highest BCUT2D eigenvalue weighted by Crippen LogP contribution is 2.28. The van der Waals surface area contributed by atoms with Gasteiger partial charge in [-0.15, -0.1) is 0 Å². The van der Waals surface area contributed by atoms with E-state index < -0.39 is 0 Å². The number of carbonyl (C=O) groups is 1. The minimum atomic E-state index is -0.137. The number of nitrogens with zero attached hydrogens (tertiary/aromatic N) is 2. The van der Waals surface area contributed by atoms with Gasteiger partial charge in [0, 0.05) is 18.3 Å². The summed E-state index contributed by atoms with van der Waals surface area (Å²) in [5.74, 6) is 0.711. The Bertz CT molecular complexity index is 554. The van der Waals surface area contributed by atoms with Crippen molar-refractivity contribution in [2.24, 2.45) is 0 Å². The Hall–Kier alpha value is -2.36. The van der Waals surface area contributed by atoms with Crippen LogP contribution in [0.4, 0.5) is 16.3 Å². The minimum Gasteiger partial charge on any atom is -0.333 e. The lowest BCUT2D eigenvalue weighted by Crippen LogP contribution is -2.41. The Morgan fingerprint density at radius 1 is 1.12 bits per heavy atom. The average Bonchev–Trinajstić information content (AvgIpc) is 2.39. The fourth-order valence-electron chi connectivity index (χ4n) is 1.93. The average molecular weight is 225 g/mol. The molecule has 0 saturated carbocycles. The number of hydrogen-bond acceptors (Lipinski definition) is 2. The lowest BCUT2D eigenvalue weighted by atomic mass is 10.2. The molecule has 4 heteroatoms. The van der Waals surface area contributed by atoms with E-state index in [1.54, 1.807) is 11.1 Å². The van der Waals surface area contributed by atoms with Crippen LogP contribution in [0.3, 0.4) is 0 Å². The van der Waals surface area contributed by atoms with Crippen molar-refractivity contribution in [1.29, 1.82) is 0 Å². The van der Waals surface area contributed by atoms with Crippen LogP contribution in [-0.4, -0.2) is 11.0 Å². The van der Waals surface area contributed by atoms with Crippen molar-refractivity contribution in [3.63, 3.8) is 0 Å². The third-order valence-electron chi connectivity index (χ3n) is 2.73. The van der Waals surface area contributed by atoms with Gasteiger partial charge in [0.25, 0.3) is 0 Å². The van der Waals surface area contributed by atoms with Crippen molar-refractivity contribution in [3.8, 4) is 0 Å². The van der Waals surface area contributed by atoms with E-state index in [0.29, 0.717) is 12.4 Å². The predicted molar refractivity (Wildman–Crippen MR) is 65.1 cm³/mol. The molecule has 0 atom stereocenters. The summed E-state index contributed by atoms with van der Waals surface area (Å²) >= 11 is 0. The molecule has 84 valence electrons. The van der Waals surface area contributed by atoms with Crippen LogP contribution in [-0.2, 0) is 6.54 Å². The molecule has 2 heterocycles. The first kappa shape index (κ1) is 9.84. The second kappa shape index (κ2) is 3.90. The number of hydrogen-bond donors (Lipinski definition) is 1. The van der Waals surface area contributed by atoms with Crippen molar-refractivity contribution in [2.75, 3.05) is 4.90 Å². The molecular weight excluding hydrogens is 214 g/mol. The van der Waals surface area contributed by atoms with Crippen LogP contribution in [0.15, 0.2) is 48.7 Å². The first-order chi connectivity index (χ1) is 8.36. The Kier molecular flexibility index (Phi) is 2.26. The highest BCUT2D eigenvalue weighted by Gasteiger charge is 2.25. The van der Waals surface area contributed by atoms with Crippen molar-refractivity contribution >= 4 is 17.5 Å². The Balaban J connectivity index is 2.13. The van der Waals surface area contributed by atoms with Gasteiger partial charge in [0.05, 0.1) is 5.69 Å². The number of fused-ring (bicyclic) bond motifs is 1. The summed E-state index contributed by atoms with van der Waals surface area (Å²) in [7, 11) is 0.